The van der Waals surface area contributed by atoms with Crippen molar-refractivity contribution in [3.8, 4) is 6.07 Å². The summed E-state index contributed by atoms with van der Waals surface area (Å²) in [5.41, 5.74) is 0.975. The van der Waals surface area contributed by atoms with Crippen LogP contribution in [-0.2, 0) is 4.79 Å². The summed E-state index contributed by atoms with van der Waals surface area (Å²) in [6, 6.07) is 12.1. The highest BCUT2D eigenvalue weighted by atomic mass is 16.3. The third-order valence-electron chi connectivity index (χ3n) is 4.57. The summed E-state index contributed by atoms with van der Waals surface area (Å²) >= 11 is 0. The molecule has 0 aliphatic heterocycles. The predicted octanol–water partition coefficient (Wildman–Crippen LogP) is 3.65. The first-order chi connectivity index (χ1) is 12.9. The molecule has 1 fully saturated rings. The molecule has 1 aliphatic rings. The Kier molecular flexibility index (Phi) is 5.13. The summed E-state index contributed by atoms with van der Waals surface area (Å²) in [4.78, 5) is 25.7. The van der Waals surface area contributed by atoms with E-state index in [0.717, 1.165) is 12.2 Å². The van der Waals surface area contributed by atoms with Crippen molar-refractivity contribution >= 4 is 23.6 Å². The van der Waals surface area contributed by atoms with Crippen LogP contribution in [0.5, 0.6) is 0 Å². The predicted molar refractivity (Wildman–Crippen MR) is 102 cm³/mol. The number of benzene rings is 1. The summed E-state index contributed by atoms with van der Waals surface area (Å²) in [7, 11) is 3.35. The van der Waals surface area contributed by atoms with Gasteiger partial charge < -0.3 is 14.6 Å². The van der Waals surface area contributed by atoms with E-state index < -0.39 is 5.91 Å². The molecule has 2 amide bonds. The maximum absolute atomic E-state index is 12.4. The number of nitriles is 1. The van der Waals surface area contributed by atoms with Crippen molar-refractivity contribution in [1.82, 2.24) is 4.90 Å². The fourth-order valence-corrected chi connectivity index (χ4v) is 2.81. The molecule has 1 heterocycles. The van der Waals surface area contributed by atoms with Gasteiger partial charge in [-0.3, -0.25) is 9.59 Å². The number of amides is 2. The average Bonchev–Trinajstić information content (AvgIpc) is 3.20. The number of furan rings is 1. The normalized spacial score (nSPS) is 18.5. The van der Waals surface area contributed by atoms with Gasteiger partial charge in [0.15, 0.2) is 0 Å². The lowest BCUT2D eigenvalue weighted by Crippen LogP contribution is -2.21. The zero-order valence-electron chi connectivity index (χ0n) is 15.5. The van der Waals surface area contributed by atoms with Gasteiger partial charge in [-0.25, -0.2) is 0 Å². The summed E-state index contributed by atoms with van der Waals surface area (Å²) in [6.45, 7) is 2.16. The first-order valence-electron chi connectivity index (χ1n) is 8.73. The molecule has 0 bridgehead atoms. The Morgan fingerprint density at radius 3 is 2.44 bits per heavy atom. The summed E-state index contributed by atoms with van der Waals surface area (Å²) < 4.78 is 5.73. The number of nitrogens with one attached hydrogen (secondary N) is 1. The van der Waals surface area contributed by atoms with Crippen molar-refractivity contribution in [2.75, 3.05) is 19.4 Å². The van der Waals surface area contributed by atoms with Crippen LogP contribution in [0.15, 0.2) is 46.4 Å². The number of carbonyl (C=O) groups excluding carboxylic acids is 2. The highest BCUT2D eigenvalue weighted by Gasteiger charge is 2.36. The highest BCUT2D eigenvalue weighted by Crippen LogP contribution is 2.47. The summed E-state index contributed by atoms with van der Waals surface area (Å²) in [5, 5.41) is 12.0. The Bertz CT molecular complexity index is 932. The largest absolute Gasteiger partial charge is 0.461 e. The molecule has 27 heavy (non-hydrogen) atoms. The minimum Gasteiger partial charge on any atom is -0.461 e. The fraction of sp³-hybridized carbons (Fsp3) is 0.286. The van der Waals surface area contributed by atoms with Crippen LogP contribution in [0.3, 0.4) is 0 Å². The lowest BCUT2D eigenvalue weighted by molar-refractivity contribution is -0.112. The Balaban J connectivity index is 1.69. The van der Waals surface area contributed by atoms with E-state index in [-0.39, 0.29) is 11.5 Å². The molecule has 0 saturated heterocycles. The molecule has 0 unspecified atom stereocenters. The van der Waals surface area contributed by atoms with Crippen LogP contribution in [0.25, 0.3) is 6.08 Å². The van der Waals surface area contributed by atoms with Crippen molar-refractivity contribution in [2.24, 2.45) is 5.92 Å². The maximum Gasteiger partial charge on any atom is 0.266 e. The third kappa shape index (κ3) is 4.26. The Morgan fingerprint density at radius 2 is 1.89 bits per heavy atom. The SMILES string of the molecule is C[C@H]1C[C@@H]1c1ccc(/C=C(\C#N)C(=O)Nc2ccc(C(=O)N(C)C)cc2)o1. The molecular formula is C21H21N3O3. The molecule has 6 nitrogen and oxygen atoms in total. The first-order valence-corrected chi connectivity index (χ1v) is 8.73. The Labute approximate surface area is 158 Å². The second-order valence-electron chi connectivity index (χ2n) is 6.96. The Hall–Kier alpha value is -3.33. The standard InChI is InChI=1S/C21H21N3O3/c1-13-10-18(13)19-9-8-17(27-19)11-15(12-22)20(25)23-16-6-4-14(5-7-16)21(26)24(2)3/h4-9,11,13,18H,10H2,1-3H3,(H,23,25)/b15-11+/t13-,18-/m0/s1. The van der Waals surface area contributed by atoms with Crippen molar-refractivity contribution in [2.45, 2.75) is 19.3 Å². The quantitative estimate of drug-likeness (QED) is 0.649. The lowest BCUT2D eigenvalue weighted by Gasteiger charge is -2.10. The van der Waals surface area contributed by atoms with Crippen LogP contribution in [0.1, 0.15) is 41.1 Å². The maximum atomic E-state index is 12.4. The van der Waals surface area contributed by atoms with Gasteiger partial charge in [-0.15, -0.1) is 0 Å². The molecule has 1 aromatic carbocycles. The van der Waals surface area contributed by atoms with E-state index >= 15 is 0 Å². The van der Waals surface area contributed by atoms with Crippen LogP contribution in [-0.4, -0.2) is 30.8 Å². The van der Waals surface area contributed by atoms with Crippen LogP contribution in [0, 0.1) is 17.2 Å². The molecule has 3 rings (SSSR count). The lowest BCUT2D eigenvalue weighted by atomic mass is 10.1. The van der Waals surface area contributed by atoms with E-state index in [4.69, 9.17) is 4.42 Å². The van der Waals surface area contributed by atoms with Gasteiger partial charge in [-0.05, 0) is 48.7 Å². The van der Waals surface area contributed by atoms with E-state index in [2.05, 4.69) is 12.2 Å². The van der Waals surface area contributed by atoms with E-state index in [1.165, 1.54) is 11.0 Å². The summed E-state index contributed by atoms with van der Waals surface area (Å²) in [5.74, 6) is 1.80. The minimum atomic E-state index is -0.526. The second kappa shape index (κ2) is 7.50. The number of carbonyl (C=O) groups is 2. The van der Waals surface area contributed by atoms with E-state index in [9.17, 15) is 14.9 Å². The second-order valence-corrected chi connectivity index (χ2v) is 6.96. The molecule has 2 atom stereocenters. The van der Waals surface area contributed by atoms with Gasteiger partial charge in [-0.1, -0.05) is 6.92 Å². The molecule has 2 aromatic rings. The van der Waals surface area contributed by atoms with Crippen molar-refractivity contribution < 1.29 is 14.0 Å². The first kappa shape index (κ1) is 18.5. The highest BCUT2D eigenvalue weighted by molar-refractivity contribution is 6.09. The van der Waals surface area contributed by atoms with E-state index in [1.807, 2.05) is 12.1 Å². The van der Waals surface area contributed by atoms with Gasteiger partial charge in [0.25, 0.3) is 11.8 Å². The molecule has 1 aliphatic carbocycles. The third-order valence-corrected chi connectivity index (χ3v) is 4.57. The monoisotopic (exact) mass is 363 g/mol. The van der Waals surface area contributed by atoms with Crippen molar-refractivity contribution in [1.29, 1.82) is 5.26 Å². The van der Waals surface area contributed by atoms with Gasteiger partial charge in [0, 0.05) is 37.3 Å². The van der Waals surface area contributed by atoms with Crippen LogP contribution in [0.4, 0.5) is 5.69 Å². The number of rotatable bonds is 5. The number of nitrogens with zero attached hydrogens (tertiary/aromatic N) is 2. The molecule has 6 heteroatoms. The van der Waals surface area contributed by atoms with E-state index in [0.29, 0.717) is 28.8 Å². The van der Waals surface area contributed by atoms with Crippen molar-refractivity contribution in [3.05, 3.63) is 59.1 Å². The van der Waals surface area contributed by atoms with Gasteiger partial charge in [0.2, 0.25) is 0 Å². The van der Waals surface area contributed by atoms with E-state index in [1.54, 1.807) is 44.4 Å². The fourth-order valence-electron chi connectivity index (χ4n) is 2.81. The molecule has 0 radical (unpaired) electrons. The average molecular weight is 363 g/mol. The van der Waals surface area contributed by atoms with Crippen LogP contribution >= 0.6 is 0 Å². The number of hydrogen-bond acceptors (Lipinski definition) is 4. The number of hydrogen-bond donors (Lipinski definition) is 1. The van der Waals surface area contributed by atoms with Crippen molar-refractivity contribution in [3.63, 3.8) is 0 Å². The van der Waals surface area contributed by atoms with Crippen LogP contribution < -0.4 is 5.32 Å². The molecule has 1 saturated carbocycles. The molecule has 0 spiro atoms. The smallest absolute Gasteiger partial charge is 0.266 e. The molecule has 138 valence electrons. The van der Waals surface area contributed by atoms with Gasteiger partial charge in [-0.2, -0.15) is 5.26 Å². The molecule has 1 N–H and O–H groups in total. The zero-order chi connectivity index (χ0) is 19.6. The minimum absolute atomic E-state index is 0.0480. The zero-order valence-corrected chi connectivity index (χ0v) is 15.5. The van der Waals surface area contributed by atoms with Gasteiger partial charge in [0.1, 0.15) is 23.2 Å². The van der Waals surface area contributed by atoms with Gasteiger partial charge >= 0.3 is 0 Å². The molecular weight excluding hydrogens is 342 g/mol. The van der Waals surface area contributed by atoms with Crippen LogP contribution in [0.2, 0.25) is 0 Å². The topological polar surface area (TPSA) is 86.3 Å². The molecule has 1 aromatic heterocycles. The Morgan fingerprint density at radius 1 is 1.22 bits per heavy atom. The van der Waals surface area contributed by atoms with Gasteiger partial charge in [0.05, 0.1) is 0 Å². The summed E-state index contributed by atoms with van der Waals surface area (Å²) in [6.07, 6.45) is 2.55. The number of anilines is 1.